The van der Waals surface area contributed by atoms with Crippen LogP contribution in [0.4, 0.5) is 4.39 Å². The van der Waals surface area contributed by atoms with E-state index in [4.69, 9.17) is 0 Å². The van der Waals surface area contributed by atoms with E-state index in [-0.39, 0.29) is 5.82 Å². The molecule has 17 heavy (non-hydrogen) atoms. The first kappa shape index (κ1) is 12.6. The molecule has 1 saturated carbocycles. The van der Waals surface area contributed by atoms with Crippen molar-refractivity contribution in [2.24, 2.45) is 5.92 Å². The molecule has 0 radical (unpaired) electrons. The fourth-order valence-electron chi connectivity index (χ4n) is 2.73. The van der Waals surface area contributed by atoms with Crippen LogP contribution in [0, 0.1) is 11.7 Å². The molecule has 1 N–H and O–H groups in total. The van der Waals surface area contributed by atoms with Crippen molar-refractivity contribution in [1.82, 2.24) is 5.32 Å². The van der Waals surface area contributed by atoms with Gasteiger partial charge in [-0.3, -0.25) is 0 Å². The Morgan fingerprint density at radius 2 is 2.06 bits per heavy atom. The minimum Gasteiger partial charge on any atom is -0.310 e. The van der Waals surface area contributed by atoms with Crippen LogP contribution < -0.4 is 5.32 Å². The van der Waals surface area contributed by atoms with Gasteiger partial charge in [0, 0.05) is 12.6 Å². The molecule has 1 aromatic carbocycles. The number of nitrogens with one attached hydrogen (secondary N) is 1. The lowest BCUT2D eigenvalue weighted by molar-refractivity contribution is 0.280. The minimum absolute atomic E-state index is 0.144. The average Bonchev–Trinajstić information content (AvgIpc) is 2.37. The predicted octanol–water partition coefficient (Wildman–Crippen LogP) is 3.88. The molecular formula is C15H22FN. The van der Waals surface area contributed by atoms with Gasteiger partial charge in [-0.15, -0.1) is 0 Å². The SMILES string of the molecule is C[C@@H](NCc1cccc(F)c1)C1CCCCC1. The summed E-state index contributed by atoms with van der Waals surface area (Å²) >= 11 is 0. The van der Waals surface area contributed by atoms with Crippen LogP contribution in [0.25, 0.3) is 0 Å². The third-order valence-electron chi connectivity index (χ3n) is 3.87. The molecule has 1 nitrogen and oxygen atoms in total. The zero-order valence-electron chi connectivity index (χ0n) is 10.6. The molecule has 1 fully saturated rings. The van der Waals surface area contributed by atoms with Crippen molar-refractivity contribution in [3.63, 3.8) is 0 Å². The smallest absolute Gasteiger partial charge is 0.123 e. The molecule has 0 aliphatic heterocycles. The highest BCUT2D eigenvalue weighted by molar-refractivity contribution is 5.16. The maximum atomic E-state index is 13.0. The molecule has 94 valence electrons. The zero-order valence-corrected chi connectivity index (χ0v) is 10.6. The first-order chi connectivity index (χ1) is 8.25. The lowest BCUT2D eigenvalue weighted by Crippen LogP contribution is -2.34. The highest BCUT2D eigenvalue weighted by Gasteiger charge is 2.19. The van der Waals surface area contributed by atoms with Crippen LogP contribution in [-0.4, -0.2) is 6.04 Å². The van der Waals surface area contributed by atoms with Crippen molar-refractivity contribution < 1.29 is 4.39 Å². The Labute approximate surface area is 103 Å². The van der Waals surface area contributed by atoms with Crippen LogP contribution >= 0.6 is 0 Å². The maximum absolute atomic E-state index is 13.0. The average molecular weight is 235 g/mol. The highest BCUT2D eigenvalue weighted by Crippen LogP contribution is 2.26. The van der Waals surface area contributed by atoms with Crippen molar-refractivity contribution in [2.45, 2.75) is 51.6 Å². The standard InChI is InChI=1S/C15H22FN/c1-12(14-7-3-2-4-8-14)17-11-13-6-5-9-15(16)10-13/h5-6,9-10,12,14,17H,2-4,7-8,11H2,1H3/t12-/m1/s1. The molecule has 1 atom stereocenters. The second-order valence-electron chi connectivity index (χ2n) is 5.20. The predicted molar refractivity (Wildman–Crippen MR) is 69.3 cm³/mol. The summed E-state index contributed by atoms with van der Waals surface area (Å²) in [7, 11) is 0. The highest BCUT2D eigenvalue weighted by atomic mass is 19.1. The Morgan fingerprint density at radius 1 is 1.29 bits per heavy atom. The van der Waals surface area contributed by atoms with Crippen LogP contribution in [0.1, 0.15) is 44.6 Å². The summed E-state index contributed by atoms with van der Waals surface area (Å²) < 4.78 is 13.0. The van der Waals surface area contributed by atoms with Crippen molar-refractivity contribution in [2.75, 3.05) is 0 Å². The van der Waals surface area contributed by atoms with E-state index < -0.39 is 0 Å². The van der Waals surface area contributed by atoms with Gasteiger partial charge in [0.1, 0.15) is 5.82 Å². The monoisotopic (exact) mass is 235 g/mol. The van der Waals surface area contributed by atoms with E-state index in [2.05, 4.69) is 12.2 Å². The van der Waals surface area contributed by atoms with Gasteiger partial charge in [-0.1, -0.05) is 31.4 Å². The number of hydrogen-bond donors (Lipinski definition) is 1. The number of benzene rings is 1. The van der Waals surface area contributed by atoms with E-state index in [0.717, 1.165) is 18.0 Å². The van der Waals surface area contributed by atoms with Crippen molar-refractivity contribution in [3.05, 3.63) is 35.6 Å². The molecule has 2 rings (SSSR count). The fourth-order valence-corrected chi connectivity index (χ4v) is 2.73. The van der Waals surface area contributed by atoms with Crippen LogP contribution in [0.15, 0.2) is 24.3 Å². The van der Waals surface area contributed by atoms with Crippen LogP contribution in [-0.2, 0) is 6.54 Å². The summed E-state index contributed by atoms with van der Waals surface area (Å²) in [4.78, 5) is 0. The first-order valence-electron chi connectivity index (χ1n) is 6.73. The first-order valence-corrected chi connectivity index (χ1v) is 6.73. The molecule has 0 heterocycles. The van der Waals surface area contributed by atoms with E-state index in [1.54, 1.807) is 12.1 Å². The molecule has 1 aliphatic rings. The second kappa shape index (κ2) is 6.15. The third kappa shape index (κ3) is 3.81. The number of hydrogen-bond acceptors (Lipinski definition) is 1. The normalized spacial score (nSPS) is 19.2. The summed E-state index contributed by atoms with van der Waals surface area (Å²) in [6.07, 6.45) is 6.83. The van der Waals surface area contributed by atoms with Gasteiger partial charge in [0.15, 0.2) is 0 Å². The molecule has 0 saturated heterocycles. The Hall–Kier alpha value is -0.890. The fraction of sp³-hybridized carbons (Fsp3) is 0.600. The summed E-state index contributed by atoms with van der Waals surface area (Å²) in [5, 5.41) is 3.53. The lowest BCUT2D eigenvalue weighted by atomic mass is 9.84. The maximum Gasteiger partial charge on any atom is 0.123 e. The largest absolute Gasteiger partial charge is 0.310 e. The second-order valence-corrected chi connectivity index (χ2v) is 5.20. The Morgan fingerprint density at radius 3 is 2.76 bits per heavy atom. The van der Waals surface area contributed by atoms with E-state index in [9.17, 15) is 4.39 Å². The molecule has 0 amide bonds. The summed E-state index contributed by atoms with van der Waals surface area (Å²) in [5.74, 6) is 0.659. The quantitative estimate of drug-likeness (QED) is 0.835. The zero-order chi connectivity index (χ0) is 12.1. The van der Waals surface area contributed by atoms with Crippen molar-refractivity contribution in [1.29, 1.82) is 0 Å². The summed E-state index contributed by atoms with van der Waals surface area (Å²) in [5.41, 5.74) is 1.03. The molecule has 0 unspecified atom stereocenters. The van der Waals surface area contributed by atoms with Gasteiger partial charge in [0.25, 0.3) is 0 Å². The van der Waals surface area contributed by atoms with Crippen LogP contribution in [0.5, 0.6) is 0 Å². The van der Waals surface area contributed by atoms with Gasteiger partial charge in [-0.25, -0.2) is 4.39 Å². The molecular weight excluding hydrogens is 213 g/mol. The lowest BCUT2D eigenvalue weighted by Gasteiger charge is -2.28. The van der Waals surface area contributed by atoms with Crippen molar-refractivity contribution >= 4 is 0 Å². The van der Waals surface area contributed by atoms with E-state index in [0.29, 0.717) is 6.04 Å². The Kier molecular flexibility index (Phi) is 4.55. The van der Waals surface area contributed by atoms with E-state index in [1.165, 1.54) is 38.2 Å². The van der Waals surface area contributed by atoms with E-state index in [1.807, 2.05) is 6.07 Å². The van der Waals surface area contributed by atoms with Gasteiger partial charge in [0.2, 0.25) is 0 Å². The topological polar surface area (TPSA) is 12.0 Å². The molecule has 2 heteroatoms. The van der Waals surface area contributed by atoms with Gasteiger partial charge >= 0.3 is 0 Å². The Bertz CT molecular complexity index is 345. The molecule has 1 aliphatic carbocycles. The Balaban J connectivity index is 1.80. The van der Waals surface area contributed by atoms with Crippen LogP contribution in [0.2, 0.25) is 0 Å². The van der Waals surface area contributed by atoms with Crippen LogP contribution in [0.3, 0.4) is 0 Å². The molecule has 0 spiro atoms. The number of halogens is 1. The number of rotatable bonds is 4. The summed E-state index contributed by atoms with van der Waals surface area (Å²) in [6, 6.07) is 7.40. The van der Waals surface area contributed by atoms with Gasteiger partial charge < -0.3 is 5.32 Å². The third-order valence-corrected chi connectivity index (χ3v) is 3.87. The van der Waals surface area contributed by atoms with Gasteiger partial charge in [-0.05, 0) is 43.4 Å². The molecule has 1 aromatic rings. The van der Waals surface area contributed by atoms with E-state index >= 15 is 0 Å². The molecule has 0 bridgehead atoms. The van der Waals surface area contributed by atoms with Gasteiger partial charge in [0.05, 0.1) is 0 Å². The minimum atomic E-state index is -0.144. The van der Waals surface area contributed by atoms with Gasteiger partial charge in [-0.2, -0.15) is 0 Å². The summed E-state index contributed by atoms with van der Waals surface area (Å²) in [6.45, 7) is 3.03. The molecule has 0 aromatic heterocycles. The van der Waals surface area contributed by atoms with Crippen molar-refractivity contribution in [3.8, 4) is 0 Å².